The molecule has 0 aliphatic carbocycles. The van der Waals surface area contributed by atoms with Crippen molar-refractivity contribution in [2.75, 3.05) is 31.3 Å². The van der Waals surface area contributed by atoms with Crippen molar-refractivity contribution in [3.63, 3.8) is 0 Å². The fraction of sp³-hybridized carbons (Fsp3) is 0.167. The van der Waals surface area contributed by atoms with Gasteiger partial charge in [-0.05, 0) is 48.0 Å². The first-order valence-corrected chi connectivity index (χ1v) is 9.63. The number of hydrogen-bond donors (Lipinski definition) is 2. The average molecular weight is 403 g/mol. The Hall–Kier alpha value is -3.80. The van der Waals surface area contributed by atoms with Crippen molar-refractivity contribution in [2.45, 2.75) is 6.61 Å². The van der Waals surface area contributed by atoms with E-state index in [0.717, 1.165) is 17.0 Å². The summed E-state index contributed by atoms with van der Waals surface area (Å²) in [5, 5.41) is 5.88. The molecule has 3 aromatic rings. The largest absolute Gasteiger partial charge is 0.489 e. The van der Waals surface area contributed by atoms with Crippen molar-refractivity contribution >= 4 is 23.2 Å². The standard InChI is InChI=1S/C24H25N3O3/c1-27(2)24(29)19-9-6-10-21(15-19)26-23(28)16-25-20-11-13-22(14-12-20)30-17-18-7-4-3-5-8-18/h3-15,25H,16-17H2,1-2H3,(H,26,28). The van der Waals surface area contributed by atoms with Crippen molar-refractivity contribution in [3.05, 3.63) is 90.0 Å². The number of carbonyl (C=O) groups excluding carboxylic acids is 2. The summed E-state index contributed by atoms with van der Waals surface area (Å²) >= 11 is 0. The molecule has 0 saturated heterocycles. The lowest BCUT2D eigenvalue weighted by atomic mass is 10.2. The Morgan fingerprint density at radius 1 is 0.867 bits per heavy atom. The van der Waals surface area contributed by atoms with Gasteiger partial charge in [0.15, 0.2) is 0 Å². The summed E-state index contributed by atoms with van der Waals surface area (Å²) in [6, 6.07) is 24.3. The lowest BCUT2D eigenvalue weighted by Crippen LogP contribution is -2.23. The van der Waals surface area contributed by atoms with Crippen molar-refractivity contribution in [3.8, 4) is 5.75 Å². The second-order valence-electron chi connectivity index (χ2n) is 6.98. The van der Waals surface area contributed by atoms with Crippen LogP contribution in [0.25, 0.3) is 0 Å². The quantitative estimate of drug-likeness (QED) is 0.596. The molecule has 0 spiro atoms. The minimum absolute atomic E-state index is 0.107. The van der Waals surface area contributed by atoms with Crippen LogP contribution in [0.15, 0.2) is 78.9 Å². The van der Waals surface area contributed by atoms with Gasteiger partial charge in [0.05, 0.1) is 6.54 Å². The first kappa shape index (κ1) is 20.9. The van der Waals surface area contributed by atoms with Crippen LogP contribution in [0, 0.1) is 0 Å². The predicted octanol–water partition coefficient (Wildman–Crippen LogP) is 4.02. The molecule has 0 fully saturated rings. The third-order valence-corrected chi connectivity index (χ3v) is 4.36. The van der Waals surface area contributed by atoms with Gasteiger partial charge in [0, 0.05) is 31.0 Å². The molecule has 0 aliphatic heterocycles. The van der Waals surface area contributed by atoms with Gasteiger partial charge in [0.2, 0.25) is 5.91 Å². The molecule has 0 radical (unpaired) electrons. The summed E-state index contributed by atoms with van der Waals surface area (Å²) in [6.07, 6.45) is 0. The van der Waals surface area contributed by atoms with Crippen molar-refractivity contribution in [2.24, 2.45) is 0 Å². The van der Waals surface area contributed by atoms with E-state index in [-0.39, 0.29) is 18.4 Å². The first-order chi connectivity index (χ1) is 14.5. The number of anilines is 2. The number of hydrogen-bond acceptors (Lipinski definition) is 4. The predicted molar refractivity (Wildman–Crippen MR) is 119 cm³/mol. The molecular weight excluding hydrogens is 378 g/mol. The molecular formula is C24H25N3O3. The molecule has 0 atom stereocenters. The molecule has 0 aromatic heterocycles. The normalized spacial score (nSPS) is 10.2. The fourth-order valence-corrected chi connectivity index (χ4v) is 2.79. The Balaban J connectivity index is 1.48. The van der Waals surface area contributed by atoms with Crippen LogP contribution < -0.4 is 15.4 Å². The molecule has 6 heteroatoms. The number of rotatable bonds is 8. The average Bonchev–Trinajstić information content (AvgIpc) is 2.77. The highest BCUT2D eigenvalue weighted by molar-refractivity contribution is 5.97. The number of carbonyl (C=O) groups is 2. The minimum atomic E-state index is -0.200. The number of amides is 2. The third-order valence-electron chi connectivity index (χ3n) is 4.36. The SMILES string of the molecule is CN(C)C(=O)c1cccc(NC(=O)CNc2ccc(OCc3ccccc3)cc2)c1. The van der Waals surface area contributed by atoms with Gasteiger partial charge < -0.3 is 20.3 Å². The monoisotopic (exact) mass is 403 g/mol. The van der Waals surface area contributed by atoms with Gasteiger partial charge in [0.25, 0.3) is 5.91 Å². The molecule has 0 heterocycles. The Morgan fingerprint density at radius 3 is 2.30 bits per heavy atom. The van der Waals surface area contributed by atoms with E-state index < -0.39 is 0 Å². The molecule has 0 saturated carbocycles. The second-order valence-corrected chi connectivity index (χ2v) is 6.98. The van der Waals surface area contributed by atoms with Crippen LogP contribution in [0.5, 0.6) is 5.75 Å². The zero-order valence-electron chi connectivity index (χ0n) is 17.1. The molecule has 0 bridgehead atoms. The molecule has 3 rings (SSSR count). The Morgan fingerprint density at radius 2 is 1.60 bits per heavy atom. The maximum Gasteiger partial charge on any atom is 0.253 e. The summed E-state index contributed by atoms with van der Waals surface area (Å²) in [4.78, 5) is 25.8. The van der Waals surface area contributed by atoms with E-state index in [2.05, 4.69) is 10.6 Å². The van der Waals surface area contributed by atoms with E-state index in [1.807, 2.05) is 54.6 Å². The van der Waals surface area contributed by atoms with Crippen molar-refractivity contribution in [1.82, 2.24) is 4.90 Å². The maximum absolute atomic E-state index is 12.2. The lowest BCUT2D eigenvalue weighted by Gasteiger charge is -2.12. The number of ether oxygens (including phenoxy) is 1. The van der Waals surface area contributed by atoms with Crippen LogP contribution in [0.4, 0.5) is 11.4 Å². The Kier molecular flexibility index (Phi) is 7.05. The van der Waals surface area contributed by atoms with E-state index in [4.69, 9.17) is 4.74 Å². The highest BCUT2D eigenvalue weighted by Crippen LogP contribution is 2.17. The van der Waals surface area contributed by atoms with Gasteiger partial charge in [-0.3, -0.25) is 9.59 Å². The van der Waals surface area contributed by atoms with Crippen molar-refractivity contribution < 1.29 is 14.3 Å². The smallest absolute Gasteiger partial charge is 0.253 e. The van der Waals surface area contributed by atoms with Gasteiger partial charge in [-0.2, -0.15) is 0 Å². The highest BCUT2D eigenvalue weighted by atomic mass is 16.5. The highest BCUT2D eigenvalue weighted by Gasteiger charge is 2.09. The Labute approximate surface area is 176 Å². The van der Waals surface area contributed by atoms with Crippen LogP contribution in [0.2, 0.25) is 0 Å². The van der Waals surface area contributed by atoms with Gasteiger partial charge in [-0.1, -0.05) is 36.4 Å². The van der Waals surface area contributed by atoms with Crippen LogP contribution in [-0.2, 0) is 11.4 Å². The van der Waals surface area contributed by atoms with Crippen LogP contribution >= 0.6 is 0 Å². The van der Waals surface area contributed by atoms with Crippen LogP contribution in [0.1, 0.15) is 15.9 Å². The number of nitrogens with zero attached hydrogens (tertiary/aromatic N) is 1. The molecule has 2 N–H and O–H groups in total. The molecule has 154 valence electrons. The zero-order valence-corrected chi connectivity index (χ0v) is 17.1. The summed E-state index contributed by atoms with van der Waals surface area (Å²) < 4.78 is 5.76. The molecule has 2 amide bonds. The summed E-state index contributed by atoms with van der Waals surface area (Å²) in [6.45, 7) is 0.613. The lowest BCUT2D eigenvalue weighted by molar-refractivity contribution is -0.114. The molecule has 6 nitrogen and oxygen atoms in total. The van der Waals surface area contributed by atoms with Gasteiger partial charge in [-0.25, -0.2) is 0 Å². The third kappa shape index (κ3) is 6.10. The summed E-state index contributed by atoms with van der Waals surface area (Å²) in [7, 11) is 3.38. The maximum atomic E-state index is 12.2. The number of benzene rings is 3. The van der Waals surface area contributed by atoms with E-state index in [1.165, 1.54) is 4.90 Å². The minimum Gasteiger partial charge on any atom is -0.489 e. The van der Waals surface area contributed by atoms with Crippen LogP contribution in [-0.4, -0.2) is 37.4 Å². The summed E-state index contributed by atoms with van der Waals surface area (Å²) in [5.41, 5.74) is 3.03. The van der Waals surface area contributed by atoms with Crippen LogP contribution in [0.3, 0.4) is 0 Å². The van der Waals surface area contributed by atoms with E-state index in [0.29, 0.717) is 17.9 Å². The number of nitrogens with one attached hydrogen (secondary N) is 2. The molecule has 30 heavy (non-hydrogen) atoms. The topological polar surface area (TPSA) is 70.7 Å². The fourth-order valence-electron chi connectivity index (χ4n) is 2.79. The van der Waals surface area contributed by atoms with Gasteiger partial charge >= 0.3 is 0 Å². The zero-order chi connectivity index (χ0) is 21.3. The Bertz CT molecular complexity index is 986. The van der Waals surface area contributed by atoms with Crippen molar-refractivity contribution in [1.29, 1.82) is 0 Å². The first-order valence-electron chi connectivity index (χ1n) is 9.63. The van der Waals surface area contributed by atoms with E-state index in [9.17, 15) is 9.59 Å². The molecule has 3 aromatic carbocycles. The summed E-state index contributed by atoms with van der Waals surface area (Å²) in [5.74, 6) is 0.448. The van der Waals surface area contributed by atoms with E-state index in [1.54, 1.807) is 38.4 Å². The van der Waals surface area contributed by atoms with E-state index >= 15 is 0 Å². The van der Waals surface area contributed by atoms with Gasteiger partial charge in [0.1, 0.15) is 12.4 Å². The molecule has 0 unspecified atom stereocenters. The second kappa shape index (κ2) is 10.1. The van der Waals surface area contributed by atoms with Gasteiger partial charge in [-0.15, -0.1) is 0 Å². The molecule has 0 aliphatic rings.